The standard InChI is InChI=1S/C19H15ClN4O/c1-12-3-7-15(8-4-12)23-18-17(11-21-23)13(2)22-24(19(18)25)16-9-5-14(20)6-10-16/h3-11H,1-2H3. The second-order valence-corrected chi connectivity index (χ2v) is 6.37. The van der Waals surface area contributed by atoms with E-state index in [1.165, 1.54) is 4.68 Å². The lowest BCUT2D eigenvalue weighted by Gasteiger charge is -2.09. The van der Waals surface area contributed by atoms with Crippen LogP contribution in [-0.2, 0) is 0 Å². The van der Waals surface area contributed by atoms with Gasteiger partial charge in [-0.25, -0.2) is 4.68 Å². The topological polar surface area (TPSA) is 52.7 Å². The smallest absolute Gasteiger partial charge is 0.265 e. The molecule has 2 aromatic carbocycles. The number of hydrogen-bond acceptors (Lipinski definition) is 3. The molecule has 0 saturated carbocycles. The summed E-state index contributed by atoms with van der Waals surface area (Å²) in [4.78, 5) is 13.1. The molecule has 0 atom stereocenters. The zero-order valence-corrected chi connectivity index (χ0v) is 14.5. The van der Waals surface area contributed by atoms with Crippen LogP contribution >= 0.6 is 11.6 Å². The van der Waals surface area contributed by atoms with Gasteiger partial charge in [-0.2, -0.15) is 14.9 Å². The van der Waals surface area contributed by atoms with E-state index in [0.717, 1.165) is 22.3 Å². The van der Waals surface area contributed by atoms with Crippen LogP contribution in [0.3, 0.4) is 0 Å². The minimum Gasteiger partial charge on any atom is -0.265 e. The Labute approximate surface area is 149 Å². The van der Waals surface area contributed by atoms with E-state index in [2.05, 4.69) is 10.2 Å². The lowest BCUT2D eigenvalue weighted by molar-refractivity contribution is 0.791. The van der Waals surface area contributed by atoms with Crippen LogP contribution in [0, 0.1) is 13.8 Å². The molecular weight excluding hydrogens is 336 g/mol. The van der Waals surface area contributed by atoms with Crippen LogP contribution in [0.1, 0.15) is 11.3 Å². The van der Waals surface area contributed by atoms with Crippen LogP contribution < -0.4 is 5.56 Å². The van der Waals surface area contributed by atoms with E-state index in [9.17, 15) is 4.79 Å². The zero-order chi connectivity index (χ0) is 17.6. The van der Waals surface area contributed by atoms with Crippen molar-refractivity contribution in [3.8, 4) is 11.4 Å². The average molecular weight is 351 g/mol. The van der Waals surface area contributed by atoms with Crippen LogP contribution in [0.2, 0.25) is 5.02 Å². The van der Waals surface area contributed by atoms with E-state index in [1.807, 2.05) is 38.1 Å². The zero-order valence-electron chi connectivity index (χ0n) is 13.8. The summed E-state index contributed by atoms with van der Waals surface area (Å²) in [5, 5.41) is 10.2. The molecule has 25 heavy (non-hydrogen) atoms. The monoisotopic (exact) mass is 350 g/mol. The fourth-order valence-corrected chi connectivity index (χ4v) is 2.93. The quantitative estimate of drug-likeness (QED) is 0.552. The molecule has 5 nitrogen and oxygen atoms in total. The fraction of sp³-hybridized carbons (Fsp3) is 0.105. The predicted octanol–water partition coefficient (Wildman–Crippen LogP) is 3.84. The van der Waals surface area contributed by atoms with Crippen molar-refractivity contribution < 1.29 is 0 Å². The van der Waals surface area contributed by atoms with Gasteiger partial charge in [-0.1, -0.05) is 29.3 Å². The molecule has 0 fully saturated rings. The molecule has 4 aromatic rings. The summed E-state index contributed by atoms with van der Waals surface area (Å²) >= 11 is 5.94. The van der Waals surface area contributed by atoms with Crippen molar-refractivity contribution in [2.24, 2.45) is 0 Å². The molecule has 2 aromatic heterocycles. The van der Waals surface area contributed by atoms with Crippen molar-refractivity contribution in [3.63, 3.8) is 0 Å². The second-order valence-electron chi connectivity index (χ2n) is 5.93. The SMILES string of the molecule is Cc1ccc(-n2ncc3c(C)nn(-c4ccc(Cl)cc4)c(=O)c32)cc1. The van der Waals surface area contributed by atoms with Gasteiger partial charge in [0, 0.05) is 10.4 Å². The highest BCUT2D eigenvalue weighted by atomic mass is 35.5. The highest BCUT2D eigenvalue weighted by Gasteiger charge is 2.15. The maximum atomic E-state index is 13.1. The summed E-state index contributed by atoms with van der Waals surface area (Å²) in [5.41, 5.74) is 3.67. The van der Waals surface area contributed by atoms with Gasteiger partial charge in [0.05, 0.1) is 23.3 Å². The molecule has 6 heteroatoms. The van der Waals surface area contributed by atoms with Gasteiger partial charge in [-0.05, 0) is 50.2 Å². The third kappa shape index (κ3) is 2.62. The Bertz CT molecular complexity index is 1130. The van der Waals surface area contributed by atoms with Crippen molar-refractivity contribution in [2.75, 3.05) is 0 Å². The molecule has 0 aliphatic rings. The molecule has 0 radical (unpaired) electrons. The third-order valence-electron chi connectivity index (χ3n) is 4.15. The first-order chi connectivity index (χ1) is 12.0. The van der Waals surface area contributed by atoms with Crippen LogP contribution in [-0.4, -0.2) is 19.6 Å². The van der Waals surface area contributed by atoms with E-state index < -0.39 is 0 Å². The van der Waals surface area contributed by atoms with E-state index in [0.29, 0.717) is 16.2 Å². The largest absolute Gasteiger partial charge is 0.298 e. The highest BCUT2D eigenvalue weighted by molar-refractivity contribution is 6.30. The number of aromatic nitrogens is 4. The Morgan fingerprint density at radius 3 is 2.16 bits per heavy atom. The summed E-state index contributed by atoms with van der Waals surface area (Å²) in [5.74, 6) is 0. The number of halogens is 1. The molecule has 0 aliphatic carbocycles. The van der Waals surface area contributed by atoms with Gasteiger partial charge in [0.15, 0.2) is 0 Å². The van der Waals surface area contributed by atoms with Crippen LogP contribution in [0.4, 0.5) is 0 Å². The normalized spacial score (nSPS) is 11.2. The first-order valence-electron chi connectivity index (χ1n) is 7.85. The Balaban J connectivity index is 2.00. The highest BCUT2D eigenvalue weighted by Crippen LogP contribution is 2.19. The Kier molecular flexibility index (Phi) is 3.66. The van der Waals surface area contributed by atoms with Crippen molar-refractivity contribution >= 4 is 22.5 Å². The van der Waals surface area contributed by atoms with E-state index in [-0.39, 0.29) is 5.56 Å². The molecule has 0 spiro atoms. The molecular formula is C19H15ClN4O. The maximum absolute atomic E-state index is 13.1. The molecule has 0 unspecified atom stereocenters. The van der Waals surface area contributed by atoms with Crippen LogP contribution in [0.25, 0.3) is 22.3 Å². The van der Waals surface area contributed by atoms with E-state index in [1.54, 1.807) is 35.1 Å². The maximum Gasteiger partial charge on any atom is 0.298 e. The molecule has 0 saturated heterocycles. The van der Waals surface area contributed by atoms with Gasteiger partial charge in [-0.3, -0.25) is 4.79 Å². The van der Waals surface area contributed by atoms with Crippen LogP contribution in [0.15, 0.2) is 59.5 Å². The summed E-state index contributed by atoms with van der Waals surface area (Å²) in [6.45, 7) is 3.89. The summed E-state index contributed by atoms with van der Waals surface area (Å²) in [6, 6.07) is 14.9. The minimum atomic E-state index is -0.221. The van der Waals surface area contributed by atoms with Gasteiger partial charge < -0.3 is 0 Å². The summed E-state index contributed by atoms with van der Waals surface area (Å²) in [7, 11) is 0. The van der Waals surface area contributed by atoms with Gasteiger partial charge in [0.2, 0.25) is 0 Å². The number of rotatable bonds is 2. The fourth-order valence-electron chi connectivity index (χ4n) is 2.81. The molecule has 0 aliphatic heterocycles. The Morgan fingerprint density at radius 1 is 0.880 bits per heavy atom. The van der Waals surface area contributed by atoms with E-state index in [4.69, 9.17) is 11.6 Å². The van der Waals surface area contributed by atoms with Crippen molar-refractivity contribution in [2.45, 2.75) is 13.8 Å². The van der Waals surface area contributed by atoms with Gasteiger partial charge in [0.25, 0.3) is 5.56 Å². The first kappa shape index (κ1) is 15.6. The van der Waals surface area contributed by atoms with Gasteiger partial charge in [0.1, 0.15) is 5.52 Å². The summed E-state index contributed by atoms with van der Waals surface area (Å²) < 4.78 is 3.05. The number of fused-ring (bicyclic) bond motifs is 1. The molecule has 0 amide bonds. The van der Waals surface area contributed by atoms with Gasteiger partial charge in [-0.15, -0.1) is 0 Å². The second kappa shape index (κ2) is 5.86. The third-order valence-corrected chi connectivity index (χ3v) is 4.41. The first-order valence-corrected chi connectivity index (χ1v) is 8.23. The van der Waals surface area contributed by atoms with Gasteiger partial charge >= 0.3 is 0 Å². The average Bonchev–Trinajstić information content (AvgIpc) is 3.06. The number of nitrogens with zero attached hydrogens (tertiary/aromatic N) is 4. The van der Waals surface area contributed by atoms with Crippen LogP contribution in [0.5, 0.6) is 0 Å². The molecule has 0 N–H and O–H groups in total. The number of benzene rings is 2. The molecule has 2 heterocycles. The predicted molar refractivity (Wildman–Crippen MR) is 98.9 cm³/mol. The Hall–Kier alpha value is -2.92. The van der Waals surface area contributed by atoms with Crippen molar-refractivity contribution in [1.29, 1.82) is 0 Å². The molecule has 4 rings (SSSR count). The summed E-state index contributed by atoms with van der Waals surface area (Å²) in [6.07, 6.45) is 1.69. The van der Waals surface area contributed by atoms with Crippen molar-refractivity contribution in [1.82, 2.24) is 19.6 Å². The number of aryl methyl sites for hydroxylation is 2. The Morgan fingerprint density at radius 2 is 1.48 bits per heavy atom. The molecule has 0 bridgehead atoms. The lowest BCUT2D eigenvalue weighted by atomic mass is 10.2. The minimum absolute atomic E-state index is 0.221. The molecule has 124 valence electrons. The lowest BCUT2D eigenvalue weighted by Crippen LogP contribution is -2.24. The van der Waals surface area contributed by atoms with E-state index >= 15 is 0 Å². The van der Waals surface area contributed by atoms with Crippen molar-refractivity contribution in [3.05, 3.63) is 81.4 Å². The number of hydrogen-bond donors (Lipinski definition) is 0.